The van der Waals surface area contributed by atoms with E-state index < -0.39 is 28.7 Å². The minimum atomic E-state index is -5.96. The summed E-state index contributed by atoms with van der Waals surface area (Å²) in [7, 11) is 0. The molecule has 0 bridgehead atoms. The summed E-state index contributed by atoms with van der Waals surface area (Å²) in [4.78, 5) is 0. The molecule has 1 N–H and O–H groups in total. The molecule has 3 nitrogen and oxygen atoms in total. The van der Waals surface area contributed by atoms with Crippen molar-refractivity contribution in [3.8, 4) is 0 Å². The van der Waals surface area contributed by atoms with Gasteiger partial charge < -0.3 is 5.11 Å². The molecule has 0 aliphatic rings. The molecule has 0 aliphatic carbocycles. The fourth-order valence-electron chi connectivity index (χ4n) is 1.03. The molecule has 0 saturated heterocycles. The number of alkyl halides is 6. The van der Waals surface area contributed by atoms with E-state index in [-0.39, 0.29) is 12.3 Å². The Balaban J connectivity index is 3.46. The van der Waals surface area contributed by atoms with Crippen LogP contribution in [0.1, 0.15) is 5.56 Å². The molecule has 1 aromatic heterocycles. The van der Waals surface area contributed by atoms with Crippen LogP contribution in [0, 0.1) is 0 Å². The molecule has 17 heavy (non-hydrogen) atoms. The van der Waals surface area contributed by atoms with Crippen LogP contribution < -0.4 is 0 Å². The Morgan fingerprint density at radius 2 is 1.53 bits per heavy atom. The summed E-state index contributed by atoms with van der Waals surface area (Å²) in [5.74, 6) is 0. The minimum Gasteiger partial charge on any atom is -0.369 e. The summed E-state index contributed by atoms with van der Waals surface area (Å²) in [6.07, 6.45) is -11.8. The molecule has 1 rings (SSSR count). The Morgan fingerprint density at radius 1 is 1.06 bits per heavy atom. The van der Waals surface area contributed by atoms with Gasteiger partial charge in [0.05, 0.1) is 6.20 Å². The van der Waals surface area contributed by atoms with E-state index in [0.717, 1.165) is 0 Å². The lowest BCUT2D eigenvalue weighted by molar-refractivity contribution is -0.376. The van der Waals surface area contributed by atoms with Gasteiger partial charge in [-0.2, -0.15) is 31.4 Å². The highest BCUT2D eigenvalue weighted by Gasteiger charge is 2.71. The van der Waals surface area contributed by atoms with Crippen LogP contribution in [0.2, 0.25) is 5.15 Å². The number of aliphatic hydroxyl groups is 1. The second kappa shape index (κ2) is 3.98. The molecule has 0 aliphatic heterocycles. The quantitative estimate of drug-likeness (QED) is 0.804. The van der Waals surface area contributed by atoms with Crippen molar-refractivity contribution in [1.82, 2.24) is 10.2 Å². The summed E-state index contributed by atoms with van der Waals surface area (Å²) < 4.78 is 74.1. The van der Waals surface area contributed by atoms with Crippen LogP contribution in [-0.2, 0) is 5.60 Å². The predicted molar refractivity (Wildman–Crippen MR) is 43.0 cm³/mol. The largest absolute Gasteiger partial charge is 0.430 e. The molecule has 1 heterocycles. The molecule has 0 spiro atoms. The van der Waals surface area contributed by atoms with E-state index in [0.29, 0.717) is 0 Å². The van der Waals surface area contributed by atoms with E-state index in [1.807, 2.05) is 0 Å². The van der Waals surface area contributed by atoms with E-state index in [2.05, 4.69) is 10.2 Å². The van der Waals surface area contributed by atoms with Gasteiger partial charge in [0.15, 0.2) is 5.15 Å². The molecule has 1 aromatic rings. The molecular weight excluding hydrogens is 278 g/mol. The monoisotopic (exact) mass is 280 g/mol. The van der Waals surface area contributed by atoms with Gasteiger partial charge in [-0.25, -0.2) is 0 Å². The van der Waals surface area contributed by atoms with Crippen molar-refractivity contribution >= 4 is 11.6 Å². The second-order valence-electron chi connectivity index (χ2n) is 2.97. The lowest BCUT2D eigenvalue weighted by atomic mass is 9.94. The van der Waals surface area contributed by atoms with Crippen LogP contribution in [0.5, 0.6) is 0 Å². The number of aromatic nitrogens is 2. The maximum absolute atomic E-state index is 12.4. The summed E-state index contributed by atoms with van der Waals surface area (Å²) in [6, 6.07) is 0.246. The van der Waals surface area contributed by atoms with Crippen molar-refractivity contribution in [1.29, 1.82) is 0 Å². The zero-order chi connectivity index (χ0) is 13.5. The Kier molecular flexibility index (Phi) is 3.27. The highest BCUT2D eigenvalue weighted by atomic mass is 35.5. The first-order valence-corrected chi connectivity index (χ1v) is 4.22. The van der Waals surface area contributed by atoms with E-state index >= 15 is 0 Å². The first-order valence-electron chi connectivity index (χ1n) is 3.84. The number of hydrogen-bond acceptors (Lipinski definition) is 3. The van der Waals surface area contributed by atoms with Gasteiger partial charge in [-0.1, -0.05) is 11.6 Å². The lowest BCUT2D eigenvalue weighted by Gasteiger charge is -2.32. The SMILES string of the molecule is OC(c1cnnc(Cl)c1)(C(F)(F)F)C(F)(F)F. The third kappa shape index (κ3) is 2.29. The van der Waals surface area contributed by atoms with Gasteiger partial charge >= 0.3 is 12.4 Å². The standard InChI is InChI=1S/C7H3ClF6N2O/c8-4-1-3(2-15-16-4)5(17,6(9,10)11)7(12,13)14/h1-2,17H. The number of halogens is 7. The number of nitrogens with zero attached hydrogens (tertiary/aromatic N) is 2. The van der Waals surface area contributed by atoms with Gasteiger partial charge in [-0.3, -0.25) is 0 Å². The molecule has 0 unspecified atom stereocenters. The van der Waals surface area contributed by atoms with Crippen LogP contribution in [0.3, 0.4) is 0 Å². The van der Waals surface area contributed by atoms with Crippen molar-refractivity contribution in [3.63, 3.8) is 0 Å². The molecule has 0 radical (unpaired) electrons. The summed E-state index contributed by atoms with van der Waals surface area (Å²) >= 11 is 5.13. The number of rotatable bonds is 1. The van der Waals surface area contributed by atoms with E-state index in [9.17, 15) is 26.3 Å². The normalized spacial score (nSPS) is 13.9. The van der Waals surface area contributed by atoms with Crippen LogP contribution in [0.25, 0.3) is 0 Å². The van der Waals surface area contributed by atoms with Crippen LogP contribution in [0.4, 0.5) is 26.3 Å². The predicted octanol–water partition coefficient (Wildman–Crippen LogP) is 2.44. The smallest absolute Gasteiger partial charge is 0.369 e. The molecule has 10 heteroatoms. The fourth-order valence-corrected chi connectivity index (χ4v) is 1.19. The second-order valence-corrected chi connectivity index (χ2v) is 3.36. The fraction of sp³-hybridized carbons (Fsp3) is 0.429. The van der Waals surface area contributed by atoms with E-state index in [1.165, 1.54) is 0 Å². The molecule has 0 amide bonds. The first-order chi connectivity index (χ1) is 7.50. The van der Waals surface area contributed by atoms with Gasteiger partial charge in [0, 0.05) is 5.56 Å². The van der Waals surface area contributed by atoms with Crippen LogP contribution >= 0.6 is 11.6 Å². The highest BCUT2D eigenvalue weighted by Crippen LogP contribution is 2.49. The average molecular weight is 281 g/mol. The lowest BCUT2D eigenvalue weighted by Crippen LogP contribution is -2.54. The Hall–Kier alpha value is -1.09. The van der Waals surface area contributed by atoms with Crippen molar-refractivity contribution < 1.29 is 31.4 Å². The van der Waals surface area contributed by atoms with Gasteiger partial charge in [0.1, 0.15) is 0 Å². The topological polar surface area (TPSA) is 46.0 Å². The average Bonchev–Trinajstić information content (AvgIpc) is 2.12. The minimum absolute atomic E-state index is 0.146. The third-order valence-corrected chi connectivity index (χ3v) is 2.05. The molecule has 0 saturated carbocycles. The van der Waals surface area contributed by atoms with Gasteiger partial charge in [-0.15, -0.1) is 5.10 Å². The molecule has 0 fully saturated rings. The zero-order valence-electron chi connectivity index (χ0n) is 7.64. The Bertz CT molecular complexity index is 404. The van der Waals surface area contributed by atoms with Crippen molar-refractivity contribution in [2.45, 2.75) is 18.0 Å². The zero-order valence-corrected chi connectivity index (χ0v) is 8.40. The summed E-state index contributed by atoms with van der Waals surface area (Å²) in [6.45, 7) is 0. The van der Waals surface area contributed by atoms with Gasteiger partial charge in [0.2, 0.25) is 0 Å². The summed E-state index contributed by atoms with van der Waals surface area (Å²) in [5, 5.41) is 14.0. The van der Waals surface area contributed by atoms with Crippen molar-refractivity contribution in [3.05, 3.63) is 23.0 Å². The van der Waals surface area contributed by atoms with Crippen LogP contribution in [0.15, 0.2) is 12.3 Å². The maximum atomic E-state index is 12.4. The summed E-state index contributed by atoms with van der Waals surface area (Å²) in [5.41, 5.74) is -6.57. The van der Waals surface area contributed by atoms with Crippen molar-refractivity contribution in [2.24, 2.45) is 0 Å². The van der Waals surface area contributed by atoms with E-state index in [1.54, 1.807) is 0 Å². The molecule has 0 atom stereocenters. The van der Waals surface area contributed by atoms with Gasteiger partial charge in [-0.05, 0) is 6.07 Å². The maximum Gasteiger partial charge on any atom is 0.430 e. The van der Waals surface area contributed by atoms with Crippen molar-refractivity contribution in [2.75, 3.05) is 0 Å². The molecule has 0 aromatic carbocycles. The van der Waals surface area contributed by atoms with Crippen LogP contribution in [-0.4, -0.2) is 27.7 Å². The van der Waals surface area contributed by atoms with Gasteiger partial charge in [0.25, 0.3) is 5.60 Å². The Morgan fingerprint density at radius 3 is 1.88 bits per heavy atom. The van der Waals surface area contributed by atoms with E-state index in [4.69, 9.17) is 16.7 Å². The molecule has 96 valence electrons. The third-order valence-electron chi connectivity index (χ3n) is 1.86. The Labute approximate surface area is 95.0 Å². The molecular formula is C7H3ClF6N2O. The highest BCUT2D eigenvalue weighted by molar-refractivity contribution is 6.29. The first kappa shape index (κ1) is 14.0. The number of hydrogen-bond donors (Lipinski definition) is 1.